The first-order valence-electron chi connectivity index (χ1n) is 0.365. The van der Waals surface area contributed by atoms with E-state index in [1.807, 2.05) is 0 Å². The fraction of sp³-hybridized carbons (Fsp3) is 0. The summed E-state index contributed by atoms with van der Waals surface area (Å²) < 4.78 is 0. The van der Waals surface area contributed by atoms with Gasteiger partial charge in [-0.2, -0.15) is 0 Å². The van der Waals surface area contributed by atoms with E-state index in [0.717, 1.165) is 0 Å². The van der Waals surface area contributed by atoms with Crippen LogP contribution in [0.2, 0.25) is 0 Å². The van der Waals surface area contributed by atoms with Gasteiger partial charge in [0.2, 0.25) is 0 Å². The fourth-order valence-corrected chi connectivity index (χ4v) is 0. The summed E-state index contributed by atoms with van der Waals surface area (Å²) in [5.74, 6) is 0. The maximum atomic E-state index is 4.13. The van der Waals surface area contributed by atoms with Gasteiger partial charge < -0.3 is 32.9 Å². The van der Waals surface area contributed by atoms with Crippen molar-refractivity contribution >= 4 is 207 Å². The minimum atomic E-state index is 0. The fourth-order valence-electron chi connectivity index (χ4n) is 0. The van der Waals surface area contributed by atoms with Crippen molar-refractivity contribution in [2.45, 2.75) is 0 Å². The van der Waals surface area contributed by atoms with E-state index >= 15 is 0 Å². The van der Waals surface area contributed by atoms with Crippen molar-refractivity contribution in [2.24, 2.45) is 0 Å². The molecule has 0 heterocycles. The molecule has 13 heteroatoms. The van der Waals surface area contributed by atoms with Crippen molar-refractivity contribution in [1.82, 2.24) is 0 Å². The molecule has 0 bridgehead atoms. The summed E-state index contributed by atoms with van der Waals surface area (Å²) >= 11 is 2.67. The predicted octanol–water partition coefficient (Wildman–Crippen LogP) is -1.67. The molecule has 0 aliphatic rings. The van der Waals surface area contributed by atoms with Gasteiger partial charge in [0, 0.05) is 0 Å². The predicted molar refractivity (Wildman–Crippen MR) is 55.6 cm³/mol. The van der Waals surface area contributed by atoms with Crippen LogP contribution in [-0.4, -0.2) is 222 Å². The second kappa shape index (κ2) is 133. The van der Waals surface area contributed by atoms with E-state index in [4.69, 9.17) is 0 Å². The van der Waals surface area contributed by atoms with Gasteiger partial charge >= 0.3 is 207 Å². The molecule has 0 amide bonds. The zero-order valence-corrected chi connectivity index (χ0v) is 26.6. The van der Waals surface area contributed by atoms with Crippen molar-refractivity contribution in [2.75, 3.05) is 0 Å². The molecule has 13 heavy (non-hydrogen) atoms. The molecule has 0 aromatic heterocycles. The second-order valence-electron chi connectivity index (χ2n) is 0. The Morgan fingerprint density at radius 2 is 0.385 bits per heavy atom. The van der Waals surface area contributed by atoms with Crippen molar-refractivity contribution in [3.05, 3.63) is 0 Å². The normalized spacial score (nSPS) is 0.615. The Bertz CT molecular complexity index is 25.8. The number of hydrogen-bond acceptors (Lipinski definition) is 8. The molecular formula is H6Ba3O6S2Sb2. The third-order valence-electron chi connectivity index (χ3n) is 0. The standard InChI is InChI=1S/3Ba.6H2O.2S.2Sb/h;;;6*1H2;;;;/q3*+2;;;;;;;;;;/p-6. The van der Waals surface area contributed by atoms with Gasteiger partial charge in [-0.25, -0.2) is 0 Å². The van der Waals surface area contributed by atoms with E-state index in [-0.39, 0.29) is 180 Å². The van der Waals surface area contributed by atoms with Crippen LogP contribution in [0.5, 0.6) is 0 Å². The van der Waals surface area contributed by atoms with Crippen LogP contribution in [0.4, 0.5) is 0 Å². The van der Waals surface area contributed by atoms with Crippen LogP contribution in [0.15, 0.2) is 0 Å². The topological polar surface area (TPSA) is 180 Å². The Kier molecular flexibility index (Phi) is 943. The van der Waals surface area contributed by atoms with Gasteiger partial charge in [-0.1, -0.05) is 0 Å². The van der Waals surface area contributed by atoms with Crippen LogP contribution >= 0.6 is 18.4 Å². The Hall–Kier alpha value is 6.55. The molecule has 6 N–H and O–H groups in total. The molecule has 0 aromatic rings. The van der Waals surface area contributed by atoms with E-state index in [2.05, 4.69) is 18.4 Å². The van der Waals surface area contributed by atoms with E-state index in [0.29, 0.717) is 0 Å². The maximum absolute atomic E-state index is 4.13. The summed E-state index contributed by atoms with van der Waals surface area (Å²) in [6.45, 7) is 0. The quantitative estimate of drug-likeness (QED) is 0.261. The molecule has 0 atom stereocenters. The Balaban J connectivity index is -0.000000000404. The average molecular weight is 822 g/mol. The molecule has 0 aliphatic carbocycles. The average Bonchev–Trinajstić information content (AvgIpc) is 1.50. The molecule has 0 fully saturated rings. The Labute approximate surface area is 232 Å². The molecule has 70 valence electrons. The molecule has 0 unspecified atom stereocenters. The molecular weight excluding hydrogens is 816 g/mol. The first kappa shape index (κ1) is 92.0. The SMILES string of the molecule is [Ba+2].[Ba+2].[Ba+2].[OH-].[OH-].[OH-].[OH-].[OH-].[OH-].[S]=[Sb].[S]=[Sb]. The molecule has 0 rings (SSSR count). The molecule has 6 nitrogen and oxygen atoms in total. The van der Waals surface area contributed by atoms with E-state index in [9.17, 15) is 0 Å². The first-order chi connectivity index (χ1) is 2.00. The van der Waals surface area contributed by atoms with Gasteiger partial charge in [-0.05, 0) is 0 Å². The van der Waals surface area contributed by atoms with Gasteiger partial charge in [0.15, 0.2) is 0 Å². The van der Waals surface area contributed by atoms with Crippen LogP contribution in [0.3, 0.4) is 0 Å². The van der Waals surface area contributed by atoms with Gasteiger partial charge in [0.1, 0.15) is 0 Å². The summed E-state index contributed by atoms with van der Waals surface area (Å²) in [4.78, 5) is 0. The molecule has 2 radical (unpaired) electrons. The first-order valence-corrected chi connectivity index (χ1v) is 7.35. The van der Waals surface area contributed by atoms with Gasteiger partial charge in [-0.15, -0.1) is 0 Å². The summed E-state index contributed by atoms with van der Waals surface area (Å²) in [7, 11) is 8.27. The van der Waals surface area contributed by atoms with Crippen molar-refractivity contribution in [3.8, 4) is 0 Å². The van der Waals surface area contributed by atoms with Crippen LogP contribution < -0.4 is 0 Å². The monoisotopic (exact) mass is 821 g/mol. The number of hydrogen-bond donors (Lipinski definition) is 0. The zero-order valence-electron chi connectivity index (χ0n) is 6.52. The van der Waals surface area contributed by atoms with Crippen LogP contribution in [-0.2, 0) is 0 Å². The van der Waals surface area contributed by atoms with Crippen LogP contribution in [0.25, 0.3) is 0 Å². The summed E-state index contributed by atoms with van der Waals surface area (Å²) in [6.07, 6.45) is 0. The van der Waals surface area contributed by atoms with E-state index < -0.39 is 0 Å². The second-order valence-corrected chi connectivity index (χ2v) is 0. The number of rotatable bonds is 0. The minimum absolute atomic E-state index is 0. The van der Waals surface area contributed by atoms with Crippen LogP contribution in [0, 0.1) is 0 Å². The van der Waals surface area contributed by atoms with Crippen molar-refractivity contribution in [3.63, 3.8) is 0 Å². The summed E-state index contributed by atoms with van der Waals surface area (Å²) in [6, 6.07) is 0. The molecule has 0 saturated carbocycles. The van der Waals surface area contributed by atoms with Gasteiger partial charge in [-0.3, -0.25) is 0 Å². The zero-order chi connectivity index (χ0) is 4.00. The van der Waals surface area contributed by atoms with Crippen molar-refractivity contribution in [1.29, 1.82) is 0 Å². The molecule has 0 aliphatic heterocycles. The van der Waals surface area contributed by atoms with Gasteiger partial charge in [0.05, 0.1) is 0 Å². The molecule has 0 aromatic carbocycles. The third-order valence-corrected chi connectivity index (χ3v) is 0. The van der Waals surface area contributed by atoms with Crippen LogP contribution in [0.1, 0.15) is 0 Å². The van der Waals surface area contributed by atoms with E-state index in [1.54, 1.807) is 0 Å². The summed E-state index contributed by atoms with van der Waals surface area (Å²) in [5, 5.41) is 0. The van der Waals surface area contributed by atoms with Crippen molar-refractivity contribution < 1.29 is 32.9 Å². The Morgan fingerprint density at radius 3 is 0.385 bits per heavy atom. The molecule has 0 spiro atoms. The Morgan fingerprint density at radius 1 is 0.385 bits per heavy atom. The van der Waals surface area contributed by atoms with E-state index in [1.165, 1.54) is 42.1 Å². The summed E-state index contributed by atoms with van der Waals surface area (Å²) in [5.41, 5.74) is 0. The van der Waals surface area contributed by atoms with Gasteiger partial charge in [0.25, 0.3) is 0 Å². The third kappa shape index (κ3) is 118. The molecule has 0 saturated heterocycles.